The van der Waals surface area contributed by atoms with Gasteiger partial charge in [-0.15, -0.1) is 0 Å². The lowest BCUT2D eigenvalue weighted by atomic mass is 10.1. The molecule has 3 amide bonds. The van der Waals surface area contributed by atoms with Crippen molar-refractivity contribution in [3.63, 3.8) is 0 Å². The fourth-order valence-electron chi connectivity index (χ4n) is 3.32. The maximum absolute atomic E-state index is 13.0. The molecule has 3 N–H and O–H groups in total. The lowest BCUT2D eigenvalue weighted by molar-refractivity contribution is -0.125. The number of benzene rings is 2. The molecule has 0 bridgehead atoms. The molecule has 1 heterocycles. The first kappa shape index (κ1) is 21.4. The molecular formula is C21H22ClN3O5. The van der Waals surface area contributed by atoms with Crippen LogP contribution in [0.4, 0.5) is 0 Å². The van der Waals surface area contributed by atoms with E-state index in [-0.39, 0.29) is 22.2 Å². The Morgan fingerprint density at radius 3 is 2.70 bits per heavy atom. The number of halogens is 1. The van der Waals surface area contributed by atoms with Crippen LogP contribution in [0.5, 0.6) is 11.5 Å². The molecule has 8 nitrogen and oxygen atoms in total. The topological polar surface area (TPSA) is 108 Å². The van der Waals surface area contributed by atoms with Gasteiger partial charge in [0.2, 0.25) is 0 Å². The Morgan fingerprint density at radius 2 is 1.93 bits per heavy atom. The minimum Gasteiger partial charge on any atom is -0.507 e. The van der Waals surface area contributed by atoms with Gasteiger partial charge in [0.25, 0.3) is 17.7 Å². The summed E-state index contributed by atoms with van der Waals surface area (Å²) in [5.74, 6) is -1.36. The molecule has 2 aromatic rings. The number of nitrogens with zero attached hydrogens (tertiary/aromatic N) is 1. The highest BCUT2D eigenvalue weighted by Crippen LogP contribution is 2.25. The number of hydrogen-bond donors (Lipinski definition) is 3. The largest absolute Gasteiger partial charge is 0.507 e. The summed E-state index contributed by atoms with van der Waals surface area (Å²) in [7, 11) is 0. The van der Waals surface area contributed by atoms with Crippen LogP contribution >= 0.6 is 11.6 Å². The summed E-state index contributed by atoms with van der Waals surface area (Å²) >= 11 is 5.84. The zero-order valence-electron chi connectivity index (χ0n) is 16.4. The molecule has 0 radical (unpaired) electrons. The van der Waals surface area contributed by atoms with Gasteiger partial charge in [-0.3, -0.25) is 25.2 Å². The third kappa shape index (κ3) is 4.65. The van der Waals surface area contributed by atoms with Gasteiger partial charge in [-0.2, -0.15) is 0 Å². The predicted molar refractivity (Wildman–Crippen MR) is 110 cm³/mol. The van der Waals surface area contributed by atoms with Gasteiger partial charge in [0.15, 0.2) is 0 Å². The van der Waals surface area contributed by atoms with Gasteiger partial charge in [-0.1, -0.05) is 23.7 Å². The van der Waals surface area contributed by atoms with Crippen molar-refractivity contribution in [3.05, 3.63) is 58.6 Å². The molecule has 1 aliphatic rings. The number of nitrogens with one attached hydrogen (secondary N) is 2. The first-order valence-electron chi connectivity index (χ1n) is 9.54. The summed E-state index contributed by atoms with van der Waals surface area (Å²) in [5.41, 5.74) is 4.89. The van der Waals surface area contributed by atoms with Gasteiger partial charge in [-0.25, -0.2) is 0 Å². The molecule has 0 aliphatic carbocycles. The summed E-state index contributed by atoms with van der Waals surface area (Å²) in [6, 6.07) is 10.1. The molecule has 158 valence electrons. The number of phenolic OH excluding ortho intramolecular Hbond substituents is 1. The molecule has 0 aromatic heterocycles. The van der Waals surface area contributed by atoms with E-state index >= 15 is 0 Å². The maximum Gasteiger partial charge on any atom is 0.273 e. The molecule has 1 unspecified atom stereocenters. The Morgan fingerprint density at radius 1 is 1.17 bits per heavy atom. The second kappa shape index (κ2) is 9.49. The predicted octanol–water partition coefficient (Wildman–Crippen LogP) is 2.51. The van der Waals surface area contributed by atoms with E-state index in [2.05, 4.69) is 10.9 Å². The van der Waals surface area contributed by atoms with Crippen LogP contribution in [-0.4, -0.2) is 46.9 Å². The number of amides is 3. The SMILES string of the molecule is CCOc1ccccc1C(=O)N1CCCC1C(=O)NNC(=O)c1cc(Cl)ccc1O. The van der Waals surface area contributed by atoms with Gasteiger partial charge in [-0.05, 0) is 50.1 Å². The molecule has 2 aromatic carbocycles. The lowest BCUT2D eigenvalue weighted by Crippen LogP contribution is -2.51. The summed E-state index contributed by atoms with van der Waals surface area (Å²) < 4.78 is 5.52. The molecule has 0 saturated carbocycles. The number of aromatic hydroxyl groups is 1. The minimum atomic E-state index is -0.736. The molecule has 1 fully saturated rings. The Bertz CT molecular complexity index is 965. The molecule has 0 spiro atoms. The van der Waals surface area contributed by atoms with Crippen molar-refractivity contribution in [2.45, 2.75) is 25.8 Å². The second-order valence-electron chi connectivity index (χ2n) is 6.69. The Balaban J connectivity index is 1.68. The number of likely N-dealkylation sites (tertiary alicyclic amines) is 1. The van der Waals surface area contributed by atoms with Crippen LogP contribution in [0.3, 0.4) is 0 Å². The van der Waals surface area contributed by atoms with E-state index < -0.39 is 17.9 Å². The van der Waals surface area contributed by atoms with Crippen molar-refractivity contribution in [3.8, 4) is 11.5 Å². The number of hydrogen-bond acceptors (Lipinski definition) is 5. The monoisotopic (exact) mass is 431 g/mol. The molecule has 30 heavy (non-hydrogen) atoms. The summed E-state index contributed by atoms with van der Waals surface area (Å²) in [4.78, 5) is 39.4. The quantitative estimate of drug-likeness (QED) is 0.630. The second-order valence-corrected chi connectivity index (χ2v) is 7.13. The van der Waals surface area contributed by atoms with Gasteiger partial charge in [0.1, 0.15) is 17.5 Å². The van der Waals surface area contributed by atoms with E-state index in [1.54, 1.807) is 24.3 Å². The first-order valence-corrected chi connectivity index (χ1v) is 9.91. The fraction of sp³-hybridized carbons (Fsp3) is 0.286. The third-order valence-corrected chi connectivity index (χ3v) is 4.97. The average molecular weight is 432 g/mol. The third-order valence-electron chi connectivity index (χ3n) is 4.74. The number of hydrazine groups is 1. The summed E-state index contributed by atoms with van der Waals surface area (Å²) in [6.07, 6.45) is 1.12. The highest BCUT2D eigenvalue weighted by Gasteiger charge is 2.35. The highest BCUT2D eigenvalue weighted by atomic mass is 35.5. The van der Waals surface area contributed by atoms with Crippen LogP contribution in [0.2, 0.25) is 5.02 Å². The van der Waals surface area contributed by atoms with Gasteiger partial charge >= 0.3 is 0 Å². The average Bonchev–Trinajstić information content (AvgIpc) is 3.23. The number of carbonyl (C=O) groups excluding carboxylic acids is 3. The first-order chi connectivity index (χ1) is 14.4. The van der Waals surface area contributed by atoms with Gasteiger partial charge in [0, 0.05) is 11.6 Å². The fourth-order valence-corrected chi connectivity index (χ4v) is 3.49. The van der Waals surface area contributed by atoms with Gasteiger partial charge < -0.3 is 14.7 Å². The van der Waals surface area contributed by atoms with E-state index in [1.165, 1.54) is 23.1 Å². The van der Waals surface area contributed by atoms with Crippen LogP contribution in [-0.2, 0) is 4.79 Å². The molecule has 1 aliphatic heterocycles. The number of rotatable bonds is 5. The van der Waals surface area contributed by atoms with E-state index in [0.717, 1.165) is 0 Å². The summed E-state index contributed by atoms with van der Waals surface area (Å²) in [6.45, 7) is 2.66. The molecule has 3 rings (SSSR count). The van der Waals surface area contributed by atoms with Crippen molar-refractivity contribution < 1.29 is 24.2 Å². The van der Waals surface area contributed by atoms with E-state index in [4.69, 9.17) is 16.3 Å². The standard InChI is InChI=1S/C21H22ClN3O5/c1-2-30-18-8-4-3-6-14(18)21(29)25-11-5-7-16(25)20(28)24-23-19(27)15-12-13(22)9-10-17(15)26/h3-4,6,8-10,12,16,26H,2,5,7,11H2,1H3,(H,23,27)(H,24,28). The van der Waals surface area contributed by atoms with Crippen molar-refractivity contribution >= 4 is 29.3 Å². The van der Waals surface area contributed by atoms with E-state index in [1.807, 2.05) is 6.92 Å². The number of carbonyl (C=O) groups is 3. The lowest BCUT2D eigenvalue weighted by Gasteiger charge is -2.25. The van der Waals surface area contributed by atoms with Crippen molar-refractivity contribution in [2.24, 2.45) is 0 Å². The zero-order valence-corrected chi connectivity index (χ0v) is 17.1. The molecule has 9 heteroatoms. The van der Waals surface area contributed by atoms with Crippen LogP contribution < -0.4 is 15.6 Å². The van der Waals surface area contributed by atoms with E-state index in [0.29, 0.717) is 37.3 Å². The Hall–Kier alpha value is -3.26. The van der Waals surface area contributed by atoms with Crippen LogP contribution in [0.25, 0.3) is 0 Å². The highest BCUT2D eigenvalue weighted by molar-refractivity contribution is 6.31. The normalized spacial score (nSPS) is 15.5. The molecular weight excluding hydrogens is 410 g/mol. The Kier molecular flexibility index (Phi) is 6.79. The molecule has 1 atom stereocenters. The summed E-state index contributed by atoms with van der Waals surface area (Å²) in [5, 5.41) is 10.1. The molecule has 1 saturated heterocycles. The zero-order chi connectivity index (χ0) is 21.7. The van der Waals surface area contributed by atoms with Crippen LogP contribution in [0.15, 0.2) is 42.5 Å². The maximum atomic E-state index is 13.0. The van der Waals surface area contributed by atoms with Gasteiger partial charge in [0.05, 0.1) is 17.7 Å². The van der Waals surface area contributed by atoms with Crippen LogP contribution in [0.1, 0.15) is 40.5 Å². The van der Waals surface area contributed by atoms with Crippen LogP contribution in [0, 0.1) is 0 Å². The number of phenols is 1. The number of para-hydroxylation sites is 1. The van der Waals surface area contributed by atoms with E-state index in [9.17, 15) is 19.5 Å². The van der Waals surface area contributed by atoms with Crippen molar-refractivity contribution in [1.82, 2.24) is 15.8 Å². The number of ether oxygens (including phenoxy) is 1. The minimum absolute atomic E-state index is 0.0761. The van der Waals surface area contributed by atoms with Crippen molar-refractivity contribution in [1.29, 1.82) is 0 Å². The Labute approximate surface area is 178 Å². The van der Waals surface area contributed by atoms with Crippen molar-refractivity contribution in [2.75, 3.05) is 13.2 Å². The smallest absolute Gasteiger partial charge is 0.273 e.